The zero-order chi connectivity index (χ0) is 14.5. The van der Waals surface area contributed by atoms with Crippen molar-refractivity contribution in [3.8, 4) is 0 Å². The molecule has 20 heavy (non-hydrogen) atoms. The summed E-state index contributed by atoms with van der Waals surface area (Å²) in [5.74, 6) is -1.36. The van der Waals surface area contributed by atoms with Crippen molar-refractivity contribution in [1.82, 2.24) is 5.32 Å². The fourth-order valence-electron chi connectivity index (χ4n) is 2.76. The maximum Gasteiger partial charge on any atom is 0.306 e. The molecule has 1 fully saturated rings. The van der Waals surface area contributed by atoms with Crippen LogP contribution in [0.2, 0.25) is 0 Å². The molecule has 0 spiro atoms. The maximum absolute atomic E-state index is 12.0. The second-order valence-corrected chi connectivity index (χ2v) is 5.27. The summed E-state index contributed by atoms with van der Waals surface area (Å²) in [6.45, 7) is 0.385. The number of amides is 1. The van der Waals surface area contributed by atoms with Crippen LogP contribution in [0.4, 0.5) is 0 Å². The largest absolute Gasteiger partial charge is 0.481 e. The van der Waals surface area contributed by atoms with Crippen LogP contribution in [0.1, 0.15) is 30.9 Å². The van der Waals surface area contributed by atoms with E-state index in [1.165, 1.54) is 0 Å². The molecule has 1 aromatic rings. The average Bonchev–Trinajstić information content (AvgIpc) is 2.93. The molecule has 1 aliphatic rings. The molecule has 5 nitrogen and oxygen atoms in total. The van der Waals surface area contributed by atoms with Gasteiger partial charge in [-0.2, -0.15) is 0 Å². The predicted octanol–water partition coefficient (Wildman–Crippen LogP) is 1.30. The van der Waals surface area contributed by atoms with E-state index in [-0.39, 0.29) is 17.7 Å². The van der Waals surface area contributed by atoms with Gasteiger partial charge in [-0.3, -0.25) is 9.59 Å². The number of carboxylic acids is 1. The number of hydrogen-bond acceptors (Lipinski definition) is 3. The Kier molecular flexibility index (Phi) is 4.74. The second kappa shape index (κ2) is 6.52. The molecule has 108 valence electrons. The molecule has 0 aliphatic heterocycles. The lowest BCUT2D eigenvalue weighted by Gasteiger charge is -2.18. The highest BCUT2D eigenvalue weighted by Crippen LogP contribution is 2.31. The summed E-state index contributed by atoms with van der Waals surface area (Å²) in [6, 6.07) is 8.43. The quantitative estimate of drug-likeness (QED) is 0.756. The van der Waals surface area contributed by atoms with Gasteiger partial charge in [0.2, 0.25) is 5.91 Å². The Morgan fingerprint density at radius 1 is 1.30 bits per heavy atom. The van der Waals surface area contributed by atoms with Crippen molar-refractivity contribution >= 4 is 11.9 Å². The molecule has 1 amide bonds. The van der Waals surface area contributed by atoms with Crippen LogP contribution < -0.4 is 11.1 Å². The molecule has 5 heteroatoms. The van der Waals surface area contributed by atoms with E-state index in [1.807, 2.05) is 18.2 Å². The number of nitrogens with one attached hydrogen (secondary N) is 1. The summed E-state index contributed by atoms with van der Waals surface area (Å²) in [5.41, 5.74) is 6.65. The van der Waals surface area contributed by atoms with E-state index in [2.05, 4.69) is 5.32 Å². The normalized spacial score (nSPS) is 23.2. The first-order valence-corrected chi connectivity index (χ1v) is 6.90. The monoisotopic (exact) mass is 276 g/mol. The van der Waals surface area contributed by atoms with Crippen molar-refractivity contribution in [3.05, 3.63) is 35.9 Å². The Labute approximate surface area is 118 Å². The third-order valence-corrected chi connectivity index (χ3v) is 3.96. The summed E-state index contributed by atoms with van der Waals surface area (Å²) in [6.07, 6.45) is 2.45. The molecule has 1 saturated carbocycles. The molecule has 2 rings (SSSR count). The van der Waals surface area contributed by atoms with Gasteiger partial charge >= 0.3 is 5.97 Å². The molecule has 1 aliphatic carbocycles. The van der Waals surface area contributed by atoms with Crippen molar-refractivity contribution in [2.45, 2.75) is 25.3 Å². The van der Waals surface area contributed by atoms with Gasteiger partial charge < -0.3 is 16.2 Å². The number of hydrogen-bond donors (Lipinski definition) is 3. The number of carboxylic acid groups (broad SMARTS) is 1. The highest BCUT2D eigenvalue weighted by atomic mass is 16.4. The lowest BCUT2D eigenvalue weighted by molar-refractivity contribution is -0.143. The number of aliphatic carboxylic acids is 1. The van der Waals surface area contributed by atoms with Crippen LogP contribution in [0.15, 0.2) is 30.3 Å². The van der Waals surface area contributed by atoms with Gasteiger partial charge in [0, 0.05) is 6.54 Å². The number of carbonyl (C=O) groups is 2. The molecule has 0 heterocycles. The van der Waals surface area contributed by atoms with Gasteiger partial charge in [0.15, 0.2) is 0 Å². The topological polar surface area (TPSA) is 92.4 Å². The molecule has 1 aromatic carbocycles. The van der Waals surface area contributed by atoms with Crippen LogP contribution in [0.3, 0.4) is 0 Å². The fraction of sp³-hybridized carbons (Fsp3) is 0.467. The summed E-state index contributed by atoms with van der Waals surface area (Å²) in [4.78, 5) is 23.1. The molecule has 0 radical (unpaired) electrons. The van der Waals surface area contributed by atoms with Crippen LogP contribution in [-0.4, -0.2) is 23.5 Å². The third kappa shape index (κ3) is 3.36. The van der Waals surface area contributed by atoms with Crippen LogP contribution >= 0.6 is 0 Å². The van der Waals surface area contributed by atoms with E-state index in [0.29, 0.717) is 13.0 Å². The Balaban J connectivity index is 1.87. The second-order valence-electron chi connectivity index (χ2n) is 5.27. The summed E-state index contributed by atoms with van der Waals surface area (Å²) >= 11 is 0. The van der Waals surface area contributed by atoms with Crippen molar-refractivity contribution < 1.29 is 14.7 Å². The van der Waals surface area contributed by atoms with Gasteiger partial charge in [-0.05, 0) is 24.3 Å². The molecule has 0 bridgehead atoms. The predicted molar refractivity (Wildman–Crippen MR) is 74.8 cm³/mol. The fourth-order valence-corrected chi connectivity index (χ4v) is 2.76. The van der Waals surface area contributed by atoms with E-state index in [4.69, 9.17) is 10.8 Å². The van der Waals surface area contributed by atoms with Gasteiger partial charge in [0.25, 0.3) is 0 Å². The lowest BCUT2D eigenvalue weighted by Crippen LogP contribution is -2.38. The van der Waals surface area contributed by atoms with E-state index in [9.17, 15) is 9.59 Å². The SMILES string of the molecule is N[C@H](C(=O)NCC1CCCC1C(=O)O)c1ccccc1. The number of benzene rings is 1. The Morgan fingerprint density at radius 3 is 2.65 bits per heavy atom. The van der Waals surface area contributed by atoms with Crippen molar-refractivity contribution in [2.24, 2.45) is 17.6 Å². The number of carbonyl (C=O) groups excluding carboxylic acids is 1. The first-order chi connectivity index (χ1) is 9.59. The van der Waals surface area contributed by atoms with Crippen LogP contribution in [-0.2, 0) is 9.59 Å². The first kappa shape index (κ1) is 14.5. The Bertz CT molecular complexity index is 475. The summed E-state index contributed by atoms with van der Waals surface area (Å²) < 4.78 is 0. The Hall–Kier alpha value is -1.88. The molecular formula is C15H20N2O3. The molecule has 0 aromatic heterocycles. The molecule has 2 unspecified atom stereocenters. The maximum atomic E-state index is 12.0. The van der Waals surface area contributed by atoms with Gasteiger partial charge in [0.05, 0.1) is 5.92 Å². The first-order valence-electron chi connectivity index (χ1n) is 6.90. The van der Waals surface area contributed by atoms with Crippen molar-refractivity contribution in [3.63, 3.8) is 0 Å². The van der Waals surface area contributed by atoms with Crippen LogP contribution in [0.25, 0.3) is 0 Å². The van der Waals surface area contributed by atoms with Crippen molar-refractivity contribution in [1.29, 1.82) is 0 Å². The highest BCUT2D eigenvalue weighted by molar-refractivity contribution is 5.83. The van der Waals surface area contributed by atoms with Gasteiger partial charge in [-0.25, -0.2) is 0 Å². The minimum atomic E-state index is -0.769. The van der Waals surface area contributed by atoms with E-state index in [1.54, 1.807) is 12.1 Å². The number of nitrogens with two attached hydrogens (primary N) is 1. The highest BCUT2D eigenvalue weighted by Gasteiger charge is 2.33. The molecule has 4 N–H and O–H groups in total. The molecule has 3 atom stereocenters. The van der Waals surface area contributed by atoms with Gasteiger partial charge in [-0.1, -0.05) is 36.8 Å². The standard InChI is InChI=1S/C15H20N2O3/c16-13(10-5-2-1-3-6-10)14(18)17-9-11-7-4-8-12(11)15(19)20/h1-3,5-6,11-13H,4,7-9,16H2,(H,17,18)(H,19,20)/t11?,12?,13-/m0/s1. The Morgan fingerprint density at radius 2 is 2.00 bits per heavy atom. The third-order valence-electron chi connectivity index (χ3n) is 3.96. The molecule has 0 saturated heterocycles. The summed E-state index contributed by atoms with van der Waals surface area (Å²) in [5, 5.41) is 11.9. The smallest absolute Gasteiger partial charge is 0.306 e. The minimum absolute atomic E-state index is 0.0134. The zero-order valence-electron chi connectivity index (χ0n) is 11.3. The average molecular weight is 276 g/mol. The molecular weight excluding hydrogens is 256 g/mol. The van der Waals surface area contributed by atoms with Crippen LogP contribution in [0, 0.1) is 11.8 Å². The van der Waals surface area contributed by atoms with E-state index >= 15 is 0 Å². The van der Waals surface area contributed by atoms with Gasteiger partial charge in [-0.15, -0.1) is 0 Å². The minimum Gasteiger partial charge on any atom is -0.481 e. The van der Waals surface area contributed by atoms with Gasteiger partial charge in [0.1, 0.15) is 6.04 Å². The van der Waals surface area contributed by atoms with E-state index in [0.717, 1.165) is 18.4 Å². The lowest BCUT2D eigenvalue weighted by atomic mass is 9.96. The summed E-state index contributed by atoms with van der Waals surface area (Å²) in [7, 11) is 0. The number of rotatable bonds is 5. The van der Waals surface area contributed by atoms with E-state index < -0.39 is 12.0 Å². The zero-order valence-corrected chi connectivity index (χ0v) is 11.3. The van der Waals surface area contributed by atoms with Crippen LogP contribution in [0.5, 0.6) is 0 Å². The van der Waals surface area contributed by atoms with Crippen molar-refractivity contribution in [2.75, 3.05) is 6.54 Å².